The highest BCUT2D eigenvalue weighted by atomic mass is 32.2. The van der Waals surface area contributed by atoms with E-state index in [1.165, 1.54) is 36.4 Å². The highest BCUT2D eigenvalue weighted by molar-refractivity contribution is 7.92. The molecule has 1 amide bonds. The summed E-state index contributed by atoms with van der Waals surface area (Å²) in [5, 5.41) is 2.55. The van der Waals surface area contributed by atoms with Crippen molar-refractivity contribution in [2.45, 2.75) is 25.5 Å². The Hall–Kier alpha value is -2.54. The van der Waals surface area contributed by atoms with Crippen LogP contribution < -0.4 is 5.32 Å². The summed E-state index contributed by atoms with van der Waals surface area (Å²) in [6.45, 7) is 4.74. The van der Waals surface area contributed by atoms with Crippen molar-refractivity contribution in [2.75, 3.05) is 12.3 Å². The van der Waals surface area contributed by atoms with E-state index in [-0.39, 0.29) is 29.0 Å². The van der Waals surface area contributed by atoms with Crippen LogP contribution in [0.3, 0.4) is 0 Å². The standard InChI is InChI=1S/C20H22FNO4S/c1-20(2,3)27(25,26)13-12-22-19(24)17-7-5-4-6-16(17)18(23)14-8-10-15(21)11-9-14/h4-11H,12-13H2,1-3H3,(H,22,24). The van der Waals surface area contributed by atoms with Crippen molar-refractivity contribution in [3.05, 3.63) is 71.0 Å². The van der Waals surface area contributed by atoms with Crippen LogP contribution in [0.2, 0.25) is 0 Å². The summed E-state index contributed by atoms with van der Waals surface area (Å²) in [5.41, 5.74) is 0.562. The lowest BCUT2D eigenvalue weighted by Gasteiger charge is -2.19. The minimum absolute atomic E-state index is 0.0580. The molecule has 0 heterocycles. The van der Waals surface area contributed by atoms with E-state index in [1.807, 2.05) is 0 Å². The van der Waals surface area contributed by atoms with Gasteiger partial charge in [-0.2, -0.15) is 0 Å². The van der Waals surface area contributed by atoms with Gasteiger partial charge in [-0.3, -0.25) is 9.59 Å². The van der Waals surface area contributed by atoms with Gasteiger partial charge >= 0.3 is 0 Å². The Morgan fingerprint density at radius 2 is 1.52 bits per heavy atom. The summed E-state index contributed by atoms with van der Waals surface area (Å²) in [5.74, 6) is -1.61. The Bertz CT molecular complexity index is 945. The zero-order valence-electron chi connectivity index (χ0n) is 15.5. The van der Waals surface area contributed by atoms with Crippen LogP contribution in [0.1, 0.15) is 47.1 Å². The number of ketones is 1. The van der Waals surface area contributed by atoms with Crippen molar-refractivity contribution in [2.24, 2.45) is 0 Å². The third-order valence-corrected chi connectivity index (χ3v) is 6.72. The summed E-state index contributed by atoms with van der Waals surface area (Å²) in [7, 11) is -3.37. The fourth-order valence-electron chi connectivity index (χ4n) is 2.34. The maximum absolute atomic E-state index is 13.1. The Morgan fingerprint density at radius 3 is 2.07 bits per heavy atom. The van der Waals surface area contributed by atoms with Gasteiger partial charge in [-0.05, 0) is 51.1 Å². The molecule has 0 saturated heterocycles. The number of hydrogen-bond acceptors (Lipinski definition) is 4. The van der Waals surface area contributed by atoms with Crippen LogP contribution in [-0.2, 0) is 9.84 Å². The van der Waals surface area contributed by atoms with Gasteiger partial charge in [0.25, 0.3) is 5.91 Å². The Morgan fingerprint density at radius 1 is 0.963 bits per heavy atom. The Balaban J connectivity index is 2.16. The second-order valence-corrected chi connectivity index (χ2v) is 9.93. The molecule has 27 heavy (non-hydrogen) atoms. The van der Waals surface area contributed by atoms with Crippen LogP contribution in [-0.4, -0.2) is 37.2 Å². The average molecular weight is 391 g/mol. The molecule has 0 aliphatic heterocycles. The van der Waals surface area contributed by atoms with Crippen molar-refractivity contribution >= 4 is 21.5 Å². The van der Waals surface area contributed by atoms with E-state index in [4.69, 9.17) is 0 Å². The van der Waals surface area contributed by atoms with Gasteiger partial charge in [0, 0.05) is 17.7 Å². The zero-order chi connectivity index (χ0) is 20.2. The smallest absolute Gasteiger partial charge is 0.252 e. The van der Waals surface area contributed by atoms with Crippen LogP contribution in [0.15, 0.2) is 48.5 Å². The van der Waals surface area contributed by atoms with E-state index in [0.717, 1.165) is 0 Å². The summed E-state index contributed by atoms with van der Waals surface area (Å²) < 4.78 is 36.4. The molecular weight excluding hydrogens is 369 g/mol. The van der Waals surface area contributed by atoms with Crippen molar-refractivity contribution in [3.63, 3.8) is 0 Å². The van der Waals surface area contributed by atoms with Crippen molar-refractivity contribution < 1.29 is 22.4 Å². The molecule has 1 N–H and O–H groups in total. The van der Waals surface area contributed by atoms with E-state index in [1.54, 1.807) is 32.9 Å². The number of sulfone groups is 1. The van der Waals surface area contributed by atoms with E-state index in [2.05, 4.69) is 5.32 Å². The van der Waals surface area contributed by atoms with Crippen LogP contribution in [0.4, 0.5) is 4.39 Å². The summed E-state index contributed by atoms with van der Waals surface area (Å²) in [6, 6.07) is 11.3. The first-order valence-corrected chi connectivity index (χ1v) is 10.1. The minimum atomic E-state index is -3.37. The Labute approximate surface area is 158 Å². The predicted molar refractivity (Wildman–Crippen MR) is 102 cm³/mol. The molecule has 0 aromatic heterocycles. The van der Waals surface area contributed by atoms with E-state index < -0.39 is 32.1 Å². The third-order valence-electron chi connectivity index (χ3n) is 4.11. The molecule has 0 radical (unpaired) electrons. The molecule has 0 bridgehead atoms. The minimum Gasteiger partial charge on any atom is -0.351 e. The normalized spacial score (nSPS) is 11.9. The van der Waals surface area contributed by atoms with Gasteiger partial charge < -0.3 is 5.32 Å². The SMILES string of the molecule is CC(C)(C)S(=O)(=O)CCNC(=O)c1ccccc1C(=O)c1ccc(F)cc1. The maximum atomic E-state index is 13.1. The van der Waals surface area contributed by atoms with Gasteiger partial charge in [-0.25, -0.2) is 12.8 Å². The summed E-state index contributed by atoms with van der Waals surface area (Å²) in [4.78, 5) is 25.1. The predicted octanol–water partition coefficient (Wildman–Crippen LogP) is 3.00. The molecule has 0 spiro atoms. The molecule has 0 aliphatic rings. The number of carbonyl (C=O) groups is 2. The van der Waals surface area contributed by atoms with Crippen LogP contribution in [0.25, 0.3) is 0 Å². The molecule has 2 aromatic carbocycles. The molecule has 2 rings (SSSR count). The van der Waals surface area contributed by atoms with Gasteiger partial charge in [0.05, 0.1) is 16.1 Å². The van der Waals surface area contributed by atoms with Crippen LogP contribution in [0, 0.1) is 5.82 Å². The first-order chi connectivity index (χ1) is 12.5. The maximum Gasteiger partial charge on any atom is 0.252 e. The van der Waals surface area contributed by atoms with E-state index in [9.17, 15) is 22.4 Å². The monoisotopic (exact) mass is 391 g/mol. The van der Waals surface area contributed by atoms with E-state index in [0.29, 0.717) is 0 Å². The van der Waals surface area contributed by atoms with Crippen molar-refractivity contribution in [1.82, 2.24) is 5.32 Å². The number of carbonyl (C=O) groups excluding carboxylic acids is 2. The molecule has 0 fully saturated rings. The van der Waals surface area contributed by atoms with Gasteiger partial charge in [0.2, 0.25) is 0 Å². The average Bonchev–Trinajstić information content (AvgIpc) is 2.60. The van der Waals surface area contributed by atoms with Crippen LogP contribution >= 0.6 is 0 Å². The van der Waals surface area contributed by atoms with Crippen LogP contribution in [0.5, 0.6) is 0 Å². The third kappa shape index (κ3) is 5.01. The molecule has 0 atom stereocenters. The molecular formula is C20H22FNO4S. The fourth-order valence-corrected chi connectivity index (χ4v) is 3.32. The molecule has 0 aliphatic carbocycles. The lowest BCUT2D eigenvalue weighted by molar-refractivity contribution is 0.0944. The second-order valence-electron chi connectivity index (χ2n) is 7.07. The Kier molecular flexibility index (Phi) is 6.15. The van der Waals surface area contributed by atoms with Crippen molar-refractivity contribution in [3.8, 4) is 0 Å². The summed E-state index contributed by atoms with van der Waals surface area (Å²) in [6.07, 6.45) is 0. The molecule has 2 aromatic rings. The van der Waals surface area contributed by atoms with Gasteiger partial charge in [-0.1, -0.05) is 18.2 Å². The van der Waals surface area contributed by atoms with Crippen molar-refractivity contribution in [1.29, 1.82) is 0 Å². The quantitative estimate of drug-likeness (QED) is 0.768. The molecule has 5 nitrogen and oxygen atoms in total. The highest BCUT2D eigenvalue weighted by Crippen LogP contribution is 2.17. The molecule has 0 saturated carbocycles. The lowest BCUT2D eigenvalue weighted by atomic mass is 9.98. The molecule has 144 valence electrons. The first kappa shape index (κ1) is 20.8. The van der Waals surface area contributed by atoms with Gasteiger partial charge in [0.1, 0.15) is 5.82 Å². The zero-order valence-corrected chi connectivity index (χ0v) is 16.3. The van der Waals surface area contributed by atoms with Gasteiger partial charge in [-0.15, -0.1) is 0 Å². The fraction of sp³-hybridized carbons (Fsp3) is 0.300. The number of rotatable bonds is 6. The molecule has 7 heteroatoms. The second kappa shape index (κ2) is 8.00. The lowest BCUT2D eigenvalue weighted by Crippen LogP contribution is -2.36. The van der Waals surface area contributed by atoms with Gasteiger partial charge in [0.15, 0.2) is 15.6 Å². The number of hydrogen-bond donors (Lipinski definition) is 1. The summed E-state index contributed by atoms with van der Waals surface area (Å²) >= 11 is 0. The first-order valence-electron chi connectivity index (χ1n) is 8.43. The highest BCUT2D eigenvalue weighted by Gasteiger charge is 2.28. The number of nitrogens with one attached hydrogen (secondary N) is 1. The topological polar surface area (TPSA) is 80.3 Å². The largest absolute Gasteiger partial charge is 0.351 e. The van der Waals surface area contributed by atoms with E-state index >= 15 is 0 Å². The molecule has 0 unspecified atom stereocenters. The number of halogens is 1. The number of benzene rings is 2. The number of amides is 1.